The fourth-order valence-electron chi connectivity index (χ4n) is 2.60. The number of anilines is 1. The zero-order valence-corrected chi connectivity index (χ0v) is 10.3. The summed E-state index contributed by atoms with van der Waals surface area (Å²) in [6, 6.07) is 7.90. The molecule has 3 rings (SSSR count). The third-order valence-corrected chi connectivity index (χ3v) is 3.66. The molecule has 1 saturated carbocycles. The molecule has 0 saturated heterocycles. The monoisotopic (exact) mass is 243 g/mol. The van der Waals surface area contributed by atoms with E-state index < -0.39 is 5.60 Å². The lowest BCUT2D eigenvalue weighted by Gasteiger charge is -2.22. The molecular weight excluding hydrogens is 226 g/mol. The Balaban J connectivity index is 1.82. The van der Waals surface area contributed by atoms with Crippen molar-refractivity contribution in [1.82, 2.24) is 9.97 Å². The van der Waals surface area contributed by atoms with Crippen LogP contribution in [0.1, 0.15) is 25.7 Å². The maximum atomic E-state index is 10.3. The molecule has 1 fully saturated rings. The molecule has 0 amide bonds. The Kier molecular flexibility index (Phi) is 2.88. The summed E-state index contributed by atoms with van der Waals surface area (Å²) in [4.78, 5) is 8.49. The lowest BCUT2D eigenvalue weighted by Crippen LogP contribution is -2.33. The minimum Gasteiger partial charge on any atom is -0.388 e. The second kappa shape index (κ2) is 4.53. The molecule has 2 aromatic rings. The standard InChI is InChI=1S/C14H17N3O/c18-14(7-3-4-8-14)9-15-13-11-5-1-2-6-12(11)16-10-17-13/h1-2,5-6,10,18H,3-4,7-9H2,(H,15,16,17). The Morgan fingerprint density at radius 1 is 1.17 bits per heavy atom. The van der Waals surface area contributed by atoms with Gasteiger partial charge in [-0.2, -0.15) is 0 Å². The Bertz CT molecular complexity index is 544. The minimum atomic E-state index is -0.563. The van der Waals surface area contributed by atoms with E-state index in [9.17, 15) is 5.11 Å². The van der Waals surface area contributed by atoms with Crippen molar-refractivity contribution in [1.29, 1.82) is 0 Å². The van der Waals surface area contributed by atoms with Gasteiger partial charge in [-0.1, -0.05) is 25.0 Å². The molecule has 94 valence electrons. The smallest absolute Gasteiger partial charge is 0.137 e. The quantitative estimate of drug-likeness (QED) is 0.868. The molecule has 0 radical (unpaired) electrons. The second-order valence-electron chi connectivity index (χ2n) is 5.02. The van der Waals surface area contributed by atoms with Gasteiger partial charge in [0.15, 0.2) is 0 Å². The van der Waals surface area contributed by atoms with E-state index in [-0.39, 0.29) is 0 Å². The summed E-state index contributed by atoms with van der Waals surface area (Å²) < 4.78 is 0. The molecule has 0 unspecified atom stereocenters. The Labute approximate surface area is 106 Å². The van der Waals surface area contributed by atoms with Crippen LogP contribution in [0.3, 0.4) is 0 Å². The largest absolute Gasteiger partial charge is 0.388 e. The highest BCUT2D eigenvalue weighted by atomic mass is 16.3. The van der Waals surface area contributed by atoms with E-state index in [0.717, 1.165) is 42.4 Å². The van der Waals surface area contributed by atoms with Crippen molar-refractivity contribution in [2.75, 3.05) is 11.9 Å². The average molecular weight is 243 g/mol. The molecule has 4 nitrogen and oxygen atoms in total. The highest BCUT2D eigenvalue weighted by molar-refractivity contribution is 5.88. The molecule has 1 aliphatic carbocycles. The maximum Gasteiger partial charge on any atom is 0.137 e. The fourth-order valence-corrected chi connectivity index (χ4v) is 2.60. The molecule has 0 aliphatic heterocycles. The predicted molar refractivity (Wildman–Crippen MR) is 71.4 cm³/mol. The van der Waals surface area contributed by atoms with E-state index in [1.807, 2.05) is 24.3 Å². The lowest BCUT2D eigenvalue weighted by molar-refractivity contribution is 0.0614. The fraction of sp³-hybridized carbons (Fsp3) is 0.429. The molecule has 1 aromatic heterocycles. The van der Waals surface area contributed by atoms with E-state index in [1.54, 1.807) is 6.33 Å². The molecule has 2 N–H and O–H groups in total. The predicted octanol–water partition coefficient (Wildman–Crippen LogP) is 2.35. The third-order valence-electron chi connectivity index (χ3n) is 3.66. The van der Waals surface area contributed by atoms with Gasteiger partial charge in [0.1, 0.15) is 12.1 Å². The van der Waals surface area contributed by atoms with Crippen molar-refractivity contribution in [3.05, 3.63) is 30.6 Å². The Morgan fingerprint density at radius 3 is 2.78 bits per heavy atom. The van der Waals surface area contributed by atoms with Crippen molar-refractivity contribution >= 4 is 16.7 Å². The van der Waals surface area contributed by atoms with E-state index in [2.05, 4.69) is 15.3 Å². The number of aliphatic hydroxyl groups is 1. The summed E-state index contributed by atoms with van der Waals surface area (Å²) in [7, 11) is 0. The summed E-state index contributed by atoms with van der Waals surface area (Å²) in [5.74, 6) is 0.806. The molecule has 0 atom stereocenters. The van der Waals surface area contributed by atoms with Gasteiger partial charge in [-0.25, -0.2) is 9.97 Å². The summed E-state index contributed by atoms with van der Waals surface area (Å²) in [5, 5.41) is 14.6. The molecule has 4 heteroatoms. The topological polar surface area (TPSA) is 58.0 Å². The van der Waals surface area contributed by atoms with Crippen LogP contribution >= 0.6 is 0 Å². The van der Waals surface area contributed by atoms with Crippen LogP contribution < -0.4 is 5.32 Å². The molecular formula is C14H17N3O. The second-order valence-corrected chi connectivity index (χ2v) is 5.02. The molecule has 1 heterocycles. The van der Waals surface area contributed by atoms with Crippen molar-refractivity contribution in [3.63, 3.8) is 0 Å². The number of para-hydroxylation sites is 1. The first-order valence-electron chi connectivity index (χ1n) is 6.43. The molecule has 1 aromatic carbocycles. The van der Waals surface area contributed by atoms with E-state index >= 15 is 0 Å². The zero-order chi connectivity index (χ0) is 12.4. The van der Waals surface area contributed by atoms with E-state index in [4.69, 9.17) is 0 Å². The number of rotatable bonds is 3. The number of nitrogens with zero attached hydrogens (tertiary/aromatic N) is 2. The lowest BCUT2D eigenvalue weighted by atomic mass is 10.0. The number of benzene rings is 1. The van der Waals surface area contributed by atoms with Crippen molar-refractivity contribution in [2.24, 2.45) is 0 Å². The van der Waals surface area contributed by atoms with Crippen LogP contribution in [0.25, 0.3) is 10.9 Å². The third kappa shape index (κ3) is 2.16. The van der Waals surface area contributed by atoms with Gasteiger partial charge in [-0.15, -0.1) is 0 Å². The van der Waals surface area contributed by atoms with Crippen LogP contribution in [0, 0.1) is 0 Å². The van der Waals surface area contributed by atoms with Crippen LogP contribution in [0.15, 0.2) is 30.6 Å². The molecule has 0 bridgehead atoms. The number of aromatic nitrogens is 2. The first kappa shape index (κ1) is 11.4. The van der Waals surface area contributed by atoms with Crippen molar-refractivity contribution in [3.8, 4) is 0 Å². The average Bonchev–Trinajstić information content (AvgIpc) is 2.84. The van der Waals surface area contributed by atoms with Gasteiger partial charge in [0.05, 0.1) is 11.1 Å². The van der Waals surface area contributed by atoms with Crippen LogP contribution in [-0.4, -0.2) is 27.2 Å². The Morgan fingerprint density at radius 2 is 1.94 bits per heavy atom. The molecule has 1 aliphatic rings. The SMILES string of the molecule is OC1(CNc2ncnc3ccccc23)CCCC1. The van der Waals surface area contributed by atoms with E-state index in [1.165, 1.54) is 0 Å². The van der Waals surface area contributed by atoms with Gasteiger partial charge in [0, 0.05) is 11.9 Å². The van der Waals surface area contributed by atoms with Gasteiger partial charge in [-0.05, 0) is 25.0 Å². The van der Waals surface area contributed by atoms with Crippen LogP contribution in [0.5, 0.6) is 0 Å². The minimum absolute atomic E-state index is 0.563. The van der Waals surface area contributed by atoms with Gasteiger partial charge >= 0.3 is 0 Å². The summed E-state index contributed by atoms with van der Waals surface area (Å²) in [6.45, 7) is 0.563. The number of hydrogen-bond acceptors (Lipinski definition) is 4. The number of nitrogens with one attached hydrogen (secondary N) is 1. The summed E-state index contributed by atoms with van der Waals surface area (Å²) in [6.07, 6.45) is 5.54. The molecule has 0 spiro atoms. The summed E-state index contributed by atoms with van der Waals surface area (Å²) in [5.41, 5.74) is 0.361. The van der Waals surface area contributed by atoms with Crippen molar-refractivity contribution < 1.29 is 5.11 Å². The molecule has 18 heavy (non-hydrogen) atoms. The zero-order valence-electron chi connectivity index (χ0n) is 10.3. The van der Waals surface area contributed by atoms with Gasteiger partial charge < -0.3 is 10.4 Å². The summed E-state index contributed by atoms with van der Waals surface area (Å²) >= 11 is 0. The maximum absolute atomic E-state index is 10.3. The van der Waals surface area contributed by atoms with Gasteiger partial charge in [0.2, 0.25) is 0 Å². The number of hydrogen-bond donors (Lipinski definition) is 2. The van der Waals surface area contributed by atoms with Gasteiger partial charge in [0.25, 0.3) is 0 Å². The van der Waals surface area contributed by atoms with Crippen LogP contribution in [0.2, 0.25) is 0 Å². The first-order valence-corrected chi connectivity index (χ1v) is 6.43. The van der Waals surface area contributed by atoms with Crippen LogP contribution in [0.4, 0.5) is 5.82 Å². The van der Waals surface area contributed by atoms with Crippen LogP contribution in [-0.2, 0) is 0 Å². The highest BCUT2D eigenvalue weighted by Crippen LogP contribution is 2.30. The Hall–Kier alpha value is -1.68. The van der Waals surface area contributed by atoms with Crippen molar-refractivity contribution in [2.45, 2.75) is 31.3 Å². The highest BCUT2D eigenvalue weighted by Gasteiger charge is 2.30. The normalized spacial score (nSPS) is 18.1. The van der Waals surface area contributed by atoms with E-state index in [0.29, 0.717) is 6.54 Å². The number of fused-ring (bicyclic) bond motifs is 1. The first-order chi connectivity index (χ1) is 8.77. The van der Waals surface area contributed by atoms with Gasteiger partial charge in [-0.3, -0.25) is 0 Å².